The Hall–Kier alpha value is -2.72. The highest BCUT2D eigenvalue weighted by atomic mass is 16.3. The predicted octanol–water partition coefficient (Wildman–Crippen LogP) is 2.85. The minimum atomic E-state index is -1.82. The number of carbonyl (C=O) groups is 2. The quantitative estimate of drug-likeness (QED) is 0.879. The molecule has 0 bridgehead atoms. The van der Waals surface area contributed by atoms with Gasteiger partial charge in [0, 0.05) is 17.7 Å². The third-order valence-corrected chi connectivity index (χ3v) is 5.29. The van der Waals surface area contributed by atoms with Gasteiger partial charge in [-0.1, -0.05) is 48.5 Å². The van der Waals surface area contributed by atoms with Gasteiger partial charge in [0.25, 0.3) is 5.91 Å². The number of hydrogen-bond acceptors (Lipinski definition) is 3. The van der Waals surface area contributed by atoms with Gasteiger partial charge in [-0.05, 0) is 24.5 Å². The lowest BCUT2D eigenvalue weighted by Gasteiger charge is -2.34. The van der Waals surface area contributed by atoms with Crippen LogP contribution in [0, 0.1) is 5.92 Å². The lowest BCUT2D eigenvalue weighted by Crippen LogP contribution is -2.49. The second-order valence-electron chi connectivity index (χ2n) is 6.60. The molecule has 0 unspecified atom stereocenters. The lowest BCUT2D eigenvalue weighted by molar-refractivity contribution is -0.140. The van der Waals surface area contributed by atoms with Crippen LogP contribution in [0.5, 0.6) is 0 Å². The maximum Gasteiger partial charge on any atom is 0.264 e. The highest BCUT2D eigenvalue weighted by molar-refractivity contribution is 6.12. The minimum Gasteiger partial charge on any atom is -0.375 e. The molecule has 2 atom stereocenters. The van der Waals surface area contributed by atoms with Gasteiger partial charge in [-0.2, -0.15) is 0 Å². The Kier molecular flexibility index (Phi) is 3.58. The molecule has 2 aromatic carbocycles. The third-order valence-electron chi connectivity index (χ3n) is 5.29. The number of para-hydroxylation sites is 1. The fourth-order valence-corrected chi connectivity index (χ4v) is 4.10. The van der Waals surface area contributed by atoms with Gasteiger partial charge in [0.2, 0.25) is 0 Å². The molecule has 25 heavy (non-hydrogen) atoms. The molecule has 2 aromatic rings. The Balaban J connectivity index is 1.83. The summed E-state index contributed by atoms with van der Waals surface area (Å²) < 4.78 is 0. The van der Waals surface area contributed by atoms with Crippen LogP contribution in [0.25, 0.3) is 0 Å². The van der Waals surface area contributed by atoms with Crippen molar-refractivity contribution in [3.8, 4) is 0 Å². The van der Waals surface area contributed by atoms with Crippen LogP contribution in [0.1, 0.15) is 27.9 Å². The molecule has 4 rings (SSSR count). The van der Waals surface area contributed by atoms with Gasteiger partial charge in [0.1, 0.15) is 0 Å². The standard InChI is InChI=1S/C21H19NO3/c1-2-13-22-18-10-6-5-9-16(18)21(25,20(22)24)17-12-11-14-7-3-4-8-15(14)19(17)23/h2-10,17,25H,1,11-13H2/t17-,21-/m1/s1. The number of hydrogen-bond donors (Lipinski definition) is 1. The Morgan fingerprint density at radius 1 is 1.16 bits per heavy atom. The predicted molar refractivity (Wildman–Crippen MR) is 95.5 cm³/mol. The zero-order valence-corrected chi connectivity index (χ0v) is 13.8. The van der Waals surface area contributed by atoms with Crippen LogP contribution >= 0.6 is 0 Å². The number of rotatable bonds is 3. The summed E-state index contributed by atoms with van der Waals surface area (Å²) in [5.74, 6) is -1.37. The number of ketones is 1. The Bertz CT molecular complexity index is 888. The van der Waals surface area contributed by atoms with E-state index in [9.17, 15) is 14.7 Å². The Labute approximate surface area is 146 Å². The lowest BCUT2D eigenvalue weighted by atomic mass is 9.71. The van der Waals surface area contributed by atoms with Crippen LogP contribution in [-0.2, 0) is 16.8 Å². The zero-order chi connectivity index (χ0) is 17.6. The van der Waals surface area contributed by atoms with E-state index in [1.165, 1.54) is 4.90 Å². The number of carbonyl (C=O) groups excluding carboxylic acids is 2. The molecule has 1 aliphatic heterocycles. The van der Waals surface area contributed by atoms with Gasteiger partial charge >= 0.3 is 0 Å². The molecule has 0 radical (unpaired) electrons. The number of aryl methyl sites for hydroxylation is 1. The molecule has 2 aliphatic rings. The monoisotopic (exact) mass is 333 g/mol. The first kappa shape index (κ1) is 15.8. The first-order valence-electron chi connectivity index (χ1n) is 8.46. The molecular formula is C21H19NO3. The fourth-order valence-electron chi connectivity index (χ4n) is 4.10. The number of aliphatic hydroxyl groups is 1. The summed E-state index contributed by atoms with van der Waals surface area (Å²) >= 11 is 0. The van der Waals surface area contributed by atoms with Crippen LogP contribution in [0.4, 0.5) is 5.69 Å². The molecule has 126 valence electrons. The van der Waals surface area contributed by atoms with Crippen LogP contribution in [0.2, 0.25) is 0 Å². The van der Waals surface area contributed by atoms with E-state index in [2.05, 4.69) is 6.58 Å². The number of fused-ring (bicyclic) bond motifs is 2. The average Bonchev–Trinajstić information content (AvgIpc) is 2.85. The van der Waals surface area contributed by atoms with Crippen molar-refractivity contribution >= 4 is 17.4 Å². The summed E-state index contributed by atoms with van der Waals surface area (Å²) in [7, 11) is 0. The smallest absolute Gasteiger partial charge is 0.264 e. The maximum absolute atomic E-state index is 13.1. The molecule has 0 saturated heterocycles. The molecule has 0 spiro atoms. The van der Waals surface area contributed by atoms with Gasteiger partial charge in [0.05, 0.1) is 11.6 Å². The van der Waals surface area contributed by atoms with E-state index in [1.54, 1.807) is 30.3 Å². The molecule has 1 N–H and O–H groups in total. The maximum atomic E-state index is 13.1. The number of anilines is 1. The average molecular weight is 333 g/mol. The van der Waals surface area contributed by atoms with Crippen molar-refractivity contribution in [3.05, 3.63) is 77.9 Å². The summed E-state index contributed by atoms with van der Waals surface area (Å²) in [4.78, 5) is 27.7. The van der Waals surface area contributed by atoms with Gasteiger partial charge < -0.3 is 10.0 Å². The number of amides is 1. The third kappa shape index (κ3) is 2.11. The van der Waals surface area contributed by atoms with Gasteiger partial charge in [-0.3, -0.25) is 9.59 Å². The second-order valence-corrected chi connectivity index (χ2v) is 6.60. The molecule has 0 saturated carbocycles. The fraction of sp³-hybridized carbons (Fsp3) is 0.238. The Morgan fingerprint density at radius 3 is 2.68 bits per heavy atom. The zero-order valence-electron chi connectivity index (χ0n) is 13.8. The van der Waals surface area contributed by atoms with Crippen LogP contribution in [-0.4, -0.2) is 23.3 Å². The van der Waals surface area contributed by atoms with Gasteiger partial charge in [0.15, 0.2) is 11.4 Å². The highest BCUT2D eigenvalue weighted by Crippen LogP contribution is 2.48. The van der Waals surface area contributed by atoms with E-state index in [0.29, 0.717) is 36.2 Å². The summed E-state index contributed by atoms with van der Waals surface area (Å²) in [6.45, 7) is 4.00. The van der Waals surface area contributed by atoms with Crippen molar-refractivity contribution in [1.82, 2.24) is 0 Å². The van der Waals surface area contributed by atoms with Gasteiger partial charge in [-0.25, -0.2) is 0 Å². The molecule has 1 aliphatic carbocycles. The second kappa shape index (κ2) is 5.67. The largest absolute Gasteiger partial charge is 0.375 e. The molecule has 4 heteroatoms. The topological polar surface area (TPSA) is 57.6 Å². The van der Waals surface area contributed by atoms with Crippen molar-refractivity contribution in [3.63, 3.8) is 0 Å². The van der Waals surface area contributed by atoms with E-state index in [4.69, 9.17) is 0 Å². The van der Waals surface area contributed by atoms with E-state index in [0.717, 1.165) is 5.56 Å². The van der Waals surface area contributed by atoms with Crippen molar-refractivity contribution in [2.75, 3.05) is 11.4 Å². The van der Waals surface area contributed by atoms with E-state index >= 15 is 0 Å². The molecule has 1 amide bonds. The molecule has 0 fully saturated rings. The number of Topliss-reactive ketones (excluding diaryl/α,β-unsaturated/α-hetero) is 1. The molecule has 1 heterocycles. The summed E-state index contributed by atoms with van der Waals surface area (Å²) in [6.07, 6.45) is 2.75. The summed E-state index contributed by atoms with van der Waals surface area (Å²) in [5.41, 5.74) is 0.944. The van der Waals surface area contributed by atoms with Crippen LogP contribution in [0.15, 0.2) is 61.2 Å². The van der Waals surface area contributed by atoms with E-state index in [-0.39, 0.29) is 5.78 Å². The SMILES string of the molecule is C=CCN1C(=O)[C@](O)([C@@H]2CCc3ccccc3C2=O)c2ccccc21. The van der Waals surface area contributed by atoms with Crippen molar-refractivity contribution < 1.29 is 14.7 Å². The molecule has 4 nitrogen and oxygen atoms in total. The van der Waals surface area contributed by atoms with Crippen LogP contribution in [0.3, 0.4) is 0 Å². The summed E-state index contributed by atoms with van der Waals surface area (Å²) in [6, 6.07) is 14.6. The van der Waals surface area contributed by atoms with Crippen LogP contribution < -0.4 is 4.90 Å². The van der Waals surface area contributed by atoms with Crippen molar-refractivity contribution in [1.29, 1.82) is 0 Å². The van der Waals surface area contributed by atoms with E-state index < -0.39 is 17.4 Å². The minimum absolute atomic E-state index is 0.159. The first-order valence-corrected chi connectivity index (χ1v) is 8.46. The van der Waals surface area contributed by atoms with Crippen molar-refractivity contribution in [2.24, 2.45) is 5.92 Å². The van der Waals surface area contributed by atoms with Gasteiger partial charge in [-0.15, -0.1) is 6.58 Å². The van der Waals surface area contributed by atoms with Crippen molar-refractivity contribution in [2.45, 2.75) is 18.4 Å². The normalized spacial score (nSPS) is 24.8. The molecule has 0 aromatic heterocycles. The van der Waals surface area contributed by atoms with E-state index in [1.807, 2.05) is 24.3 Å². The first-order chi connectivity index (χ1) is 12.1. The number of benzene rings is 2. The summed E-state index contributed by atoms with van der Waals surface area (Å²) in [5, 5.41) is 11.5. The number of nitrogens with zero attached hydrogens (tertiary/aromatic N) is 1. The molecular weight excluding hydrogens is 314 g/mol. The highest BCUT2D eigenvalue weighted by Gasteiger charge is 2.57. The Morgan fingerprint density at radius 2 is 1.88 bits per heavy atom.